The Labute approximate surface area is 73.2 Å². The van der Waals surface area contributed by atoms with Crippen LogP contribution in [-0.2, 0) is 4.74 Å². The van der Waals surface area contributed by atoms with Crippen LogP contribution in [0.3, 0.4) is 0 Å². The Hall–Kier alpha value is -1.78. The van der Waals surface area contributed by atoms with E-state index in [0.717, 1.165) is 19.2 Å². The van der Waals surface area contributed by atoms with Gasteiger partial charge in [-0.15, -0.1) is 0 Å². The molecule has 4 nitrogen and oxygen atoms in total. The molecule has 0 amide bonds. The van der Waals surface area contributed by atoms with Gasteiger partial charge in [0.1, 0.15) is 0 Å². The number of benzene rings is 1. The van der Waals surface area contributed by atoms with Gasteiger partial charge in [0.2, 0.25) is 0 Å². The number of methoxy groups -OCH3 is 1. The molecule has 0 radical (unpaired) electrons. The number of phenolic OH excluding ortho intramolecular Hbond substituents is 2. The molecule has 70 valence electrons. The van der Waals surface area contributed by atoms with E-state index < -0.39 is 28.8 Å². The summed E-state index contributed by atoms with van der Waals surface area (Å²) in [6, 6.07) is 2.03. The van der Waals surface area contributed by atoms with Crippen LogP contribution in [0.2, 0.25) is 0 Å². The third kappa shape index (κ3) is 1.53. The van der Waals surface area contributed by atoms with E-state index >= 15 is 0 Å². The molecule has 0 aromatic heterocycles. The Morgan fingerprint density at radius 2 is 2.08 bits per heavy atom. The normalized spacial score (nSPS) is 9.69. The summed E-state index contributed by atoms with van der Waals surface area (Å²) >= 11 is 0. The Balaban J connectivity index is 3.26. The quantitative estimate of drug-likeness (QED) is 0.507. The van der Waals surface area contributed by atoms with Crippen molar-refractivity contribution >= 4 is 5.97 Å². The number of hydrogen-bond donors (Lipinski definition) is 2. The van der Waals surface area contributed by atoms with E-state index in [4.69, 9.17) is 10.2 Å². The second-order valence-electron chi connectivity index (χ2n) is 2.29. The lowest BCUT2D eigenvalue weighted by molar-refractivity contribution is 0.0594. The van der Waals surface area contributed by atoms with Crippen LogP contribution in [0.1, 0.15) is 10.4 Å². The fraction of sp³-hybridized carbons (Fsp3) is 0.125. The number of rotatable bonds is 1. The van der Waals surface area contributed by atoms with E-state index in [9.17, 15) is 9.18 Å². The van der Waals surface area contributed by atoms with E-state index in [1.54, 1.807) is 0 Å². The summed E-state index contributed by atoms with van der Waals surface area (Å²) in [4.78, 5) is 10.8. The fourth-order valence-corrected chi connectivity index (χ4v) is 0.822. The van der Waals surface area contributed by atoms with Crippen molar-refractivity contribution in [1.29, 1.82) is 0 Å². The van der Waals surface area contributed by atoms with Crippen molar-refractivity contribution in [2.75, 3.05) is 7.11 Å². The molecule has 13 heavy (non-hydrogen) atoms. The number of phenols is 2. The van der Waals surface area contributed by atoms with Gasteiger partial charge in [0.25, 0.3) is 0 Å². The minimum Gasteiger partial charge on any atom is -0.504 e. The summed E-state index contributed by atoms with van der Waals surface area (Å²) in [7, 11) is 1.09. The molecular weight excluding hydrogens is 179 g/mol. The largest absolute Gasteiger partial charge is 0.504 e. The standard InChI is InChI=1S/C8H7FO4/c1-13-8(12)4-2-3-5(10)7(11)6(4)9/h2-3,10-11H,1H3. The van der Waals surface area contributed by atoms with Gasteiger partial charge in [-0.05, 0) is 12.1 Å². The van der Waals surface area contributed by atoms with Crippen molar-refractivity contribution < 1.29 is 24.1 Å². The maximum absolute atomic E-state index is 13.0. The van der Waals surface area contributed by atoms with Crippen LogP contribution in [-0.4, -0.2) is 23.3 Å². The van der Waals surface area contributed by atoms with Crippen molar-refractivity contribution in [3.05, 3.63) is 23.5 Å². The summed E-state index contributed by atoms with van der Waals surface area (Å²) in [5, 5.41) is 17.7. The van der Waals surface area contributed by atoms with Gasteiger partial charge in [-0.1, -0.05) is 0 Å². The molecule has 0 spiro atoms. The first-order valence-corrected chi connectivity index (χ1v) is 3.36. The average molecular weight is 186 g/mol. The molecule has 1 rings (SSSR count). The van der Waals surface area contributed by atoms with Crippen LogP contribution in [0.4, 0.5) is 4.39 Å². The third-order valence-corrected chi connectivity index (χ3v) is 1.50. The Bertz CT molecular complexity index is 348. The van der Waals surface area contributed by atoms with E-state index in [1.165, 1.54) is 0 Å². The van der Waals surface area contributed by atoms with Crippen LogP contribution in [0.15, 0.2) is 12.1 Å². The SMILES string of the molecule is COC(=O)c1ccc(O)c(O)c1F. The molecule has 0 aliphatic carbocycles. The van der Waals surface area contributed by atoms with Crippen LogP contribution in [0.25, 0.3) is 0 Å². The lowest BCUT2D eigenvalue weighted by atomic mass is 10.2. The number of halogens is 1. The van der Waals surface area contributed by atoms with Crippen LogP contribution >= 0.6 is 0 Å². The smallest absolute Gasteiger partial charge is 0.340 e. The molecule has 0 heterocycles. The zero-order valence-corrected chi connectivity index (χ0v) is 6.74. The molecule has 5 heteroatoms. The summed E-state index contributed by atoms with van der Waals surface area (Å²) in [5.74, 6) is -3.67. The molecule has 0 bridgehead atoms. The molecular formula is C8H7FO4. The predicted octanol–water partition coefficient (Wildman–Crippen LogP) is 1.02. The van der Waals surface area contributed by atoms with E-state index in [2.05, 4.69) is 4.74 Å². The average Bonchev–Trinajstić information content (AvgIpc) is 2.13. The van der Waals surface area contributed by atoms with Gasteiger partial charge in [0.05, 0.1) is 12.7 Å². The van der Waals surface area contributed by atoms with Crippen molar-refractivity contribution in [2.45, 2.75) is 0 Å². The molecule has 0 aliphatic heterocycles. The highest BCUT2D eigenvalue weighted by Gasteiger charge is 2.17. The molecule has 0 unspecified atom stereocenters. The van der Waals surface area contributed by atoms with E-state index in [-0.39, 0.29) is 0 Å². The zero-order chi connectivity index (χ0) is 10.0. The van der Waals surface area contributed by atoms with Gasteiger partial charge in [-0.25, -0.2) is 9.18 Å². The molecule has 0 atom stereocenters. The van der Waals surface area contributed by atoms with Crippen molar-refractivity contribution in [3.63, 3.8) is 0 Å². The Morgan fingerprint density at radius 3 is 2.62 bits per heavy atom. The predicted molar refractivity (Wildman–Crippen MR) is 41.1 cm³/mol. The van der Waals surface area contributed by atoms with Gasteiger partial charge in [0.15, 0.2) is 17.3 Å². The van der Waals surface area contributed by atoms with Crippen molar-refractivity contribution in [1.82, 2.24) is 0 Å². The molecule has 0 saturated heterocycles. The summed E-state index contributed by atoms with van der Waals surface area (Å²) in [5.41, 5.74) is -0.419. The minimum absolute atomic E-state index is 0.419. The Kier molecular flexibility index (Phi) is 2.36. The minimum atomic E-state index is -1.19. The first kappa shape index (κ1) is 9.31. The van der Waals surface area contributed by atoms with Gasteiger partial charge in [-0.2, -0.15) is 0 Å². The molecule has 1 aromatic carbocycles. The maximum atomic E-state index is 13.0. The fourth-order valence-electron chi connectivity index (χ4n) is 0.822. The van der Waals surface area contributed by atoms with Crippen LogP contribution in [0.5, 0.6) is 11.5 Å². The first-order valence-electron chi connectivity index (χ1n) is 3.36. The lowest BCUT2D eigenvalue weighted by Gasteiger charge is -2.03. The van der Waals surface area contributed by atoms with Crippen molar-refractivity contribution in [3.8, 4) is 11.5 Å². The first-order chi connectivity index (χ1) is 6.07. The van der Waals surface area contributed by atoms with Gasteiger partial charge < -0.3 is 14.9 Å². The number of hydrogen-bond acceptors (Lipinski definition) is 4. The molecule has 2 N–H and O–H groups in total. The summed E-state index contributed by atoms with van der Waals surface area (Å²) < 4.78 is 17.2. The van der Waals surface area contributed by atoms with Gasteiger partial charge in [-0.3, -0.25) is 0 Å². The summed E-state index contributed by atoms with van der Waals surface area (Å²) in [6.07, 6.45) is 0. The molecule has 0 aliphatic rings. The third-order valence-electron chi connectivity index (χ3n) is 1.50. The maximum Gasteiger partial charge on any atom is 0.340 e. The number of aromatic hydroxyl groups is 2. The topological polar surface area (TPSA) is 66.8 Å². The number of ether oxygens (including phenoxy) is 1. The van der Waals surface area contributed by atoms with Crippen LogP contribution < -0.4 is 0 Å². The van der Waals surface area contributed by atoms with Crippen LogP contribution in [0, 0.1) is 5.82 Å². The Morgan fingerprint density at radius 1 is 1.46 bits per heavy atom. The molecule has 0 fully saturated rings. The highest BCUT2D eigenvalue weighted by Crippen LogP contribution is 2.29. The van der Waals surface area contributed by atoms with Crippen molar-refractivity contribution in [2.24, 2.45) is 0 Å². The zero-order valence-electron chi connectivity index (χ0n) is 6.74. The van der Waals surface area contributed by atoms with E-state index in [0.29, 0.717) is 0 Å². The second-order valence-corrected chi connectivity index (χ2v) is 2.29. The molecule has 0 saturated carbocycles. The molecule has 1 aromatic rings. The highest BCUT2D eigenvalue weighted by molar-refractivity contribution is 5.90. The van der Waals surface area contributed by atoms with Gasteiger partial charge in [0, 0.05) is 0 Å². The number of carbonyl (C=O) groups is 1. The summed E-state index contributed by atoms with van der Waals surface area (Å²) in [6.45, 7) is 0. The lowest BCUT2D eigenvalue weighted by Crippen LogP contribution is -2.04. The second kappa shape index (κ2) is 3.30. The highest BCUT2D eigenvalue weighted by atomic mass is 19.1. The number of esters is 1. The monoisotopic (exact) mass is 186 g/mol. The van der Waals surface area contributed by atoms with Gasteiger partial charge >= 0.3 is 5.97 Å². The number of carbonyl (C=O) groups excluding carboxylic acids is 1. The van der Waals surface area contributed by atoms with E-state index in [1.807, 2.05) is 0 Å².